The maximum atomic E-state index is 11.6. The van der Waals surface area contributed by atoms with Crippen LogP contribution in [0.1, 0.15) is 25.7 Å². The number of carbonyl (C=O) groups excluding carboxylic acids is 2. The molecule has 0 aliphatic carbocycles. The standard InChI is InChI=1S/C10H15N3O3/c14-9-4-3-8(12-13-9)10(15)11-6-7-2-1-5-16-7/h7H,1-6H2,(H,11,15)(H,13,14). The summed E-state index contributed by atoms with van der Waals surface area (Å²) in [5.74, 6) is -0.355. The molecule has 2 amide bonds. The lowest BCUT2D eigenvalue weighted by atomic mass is 10.1. The third-order valence-electron chi connectivity index (χ3n) is 2.68. The van der Waals surface area contributed by atoms with Gasteiger partial charge in [0.2, 0.25) is 5.91 Å². The van der Waals surface area contributed by atoms with Gasteiger partial charge < -0.3 is 10.1 Å². The van der Waals surface area contributed by atoms with Crippen molar-refractivity contribution in [1.29, 1.82) is 0 Å². The number of amides is 2. The van der Waals surface area contributed by atoms with Crippen molar-refractivity contribution in [1.82, 2.24) is 10.7 Å². The lowest BCUT2D eigenvalue weighted by molar-refractivity contribution is -0.121. The first kappa shape index (κ1) is 11.1. The first-order chi connectivity index (χ1) is 7.75. The Morgan fingerprint density at radius 3 is 3.06 bits per heavy atom. The van der Waals surface area contributed by atoms with Crippen molar-refractivity contribution < 1.29 is 14.3 Å². The van der Waals surface area contributed by atoms with E-state index in [1.54, 1.807) is 0 Å². The second-order valence-corrected chi connectivity index (χ2v) is 3.94. The highest BCUT2D eigenvalue weighted by Gasteiger charge is 2.20. The van der Waals surface area contributed by atoms with Gasteiger partial charge in [0.15, 0.2) is 0 Å². The van der Waals surface area contributed by atoms with Gasteiger partial charge in [0.1, 0.15) is 5.71 Å². The number of hydrogen-bond donors (Lipinski definition) is 2. The van der Waals surface area contributed by atoms with Crippen molar-refractivity contribution in [3.8, 4) is 0 Å². The van der Waals surface area contributed by atoms with Crippen molar-refractivity contribution in [2.75, 3.05) is 13.2 Å². The molecule has 0 bridgehead atoms. The van der Waals surface area contributed by atoms with Gasteiger partial charge in [-0.1, -0.05) is 0 Å². The Labute approximate surface area is 93.4 Å². The molecule has 1 fully saturated rings. The Hall–Kier alpha value is -1.43. The van der Waals surface area contributed by atoms with E-state index in [1.807, 2.05) is 0 Å². The van der Waals surface area contributed by atoms with Crippen LogP contribution in [0, 0.1) is 0 Å². The quantitative estimate of drug-likeness (QED) is 0.682. The summed E-state index contributed by atoms with van der Waals surface area (Å²) in [6.45, 7) is 1.29. The fraction of sp³-hybridized carbons (Fsp3) is 0.700. The van der Waals surface area contributed by atoms with Gasteiger partial charge in [0.25, 0.3) is 5.91 Å². The zero-order valence-corrected chi connectivity index (χ0v) is 8.99. The van der Waals surface area contributed by atoms with Gasteiger partial charge in [-0.05, 0) is 12.8 Å². The molecule has 0 aromatic rings. The molecule has 1 saturated heterocycles. The van der Waals surface area contributed by atoms with Gasteiger partial charge in [-0.25, -0.2) is 5.43 Å². The minimum atomic E-state index is -0.212. The summed E-state index contributed by atoms with van der Waals surface area (Å²) in [6.07, 6.45) is 2.90. The van der Waals surface area contributed by atoms with Crippen LogP contribution in [0.3, 0.4) is 0 Å². The highest BCUT2D eigenvalue weighted by Crippen LogP contribution is 2.10. The van der Waals surface area contributed by atoms with Crippen molar-refractivity contribution in [3.05, 3.63) is 0 Å². The Morgan fingerprint density at radius 2 is 2.44 bits per heavy atom. The molecule has 0 aromatic heterocycles. The predicted molar refractivity (Wildman–Crippen MR) is 56.8 cm³/mol. The van der Waals surface area contributed by atoms with Crippen LogP contribution >= 0.6 is 0 Å². The van der Waals surface area contributed by atoms with Crippen LogP contribution < -0.4 is 10.7 Å². The second kappa shape index (κ2) is 5.07. The molecule has 1 unspecified atom stereocenters. The molecule has 16 heavy (non-hydrogen) atoms. The molecule has 6 nitrogen and oxygen atoms in total. The summed E-state index contributed by atoms with van der Waals surface area (Å²) in [4.78, 5) is 22.4. The van der Waals surface area contributed by atoms with Crippen molar-refractivity contribution in [3.63, 3.8) is 0 Å². The lowest BCUT2D eigenvalue weighted by Crippen LogP contribution is -2.39. The van der Waals surface area contributed by atoms with Crippen molar-refractivity contribution >= 4 is 17.5 Å². The normalized spacial score (nSPS) is 24.9. The van der Waals surface area contributed by atoms with E-state index in [0.717, 1.165) is 19.4 Å². The fourth-order valence-corrected chi connectivity index (χ4v) is 1.75. The van der Waals surface area contributed by atoms with E-state index in [0.29, 0.717) is 25.1 Å². The van der Waals surface area contributed by atoms with E-state index in [4.69, 9.17) is 4.74 Å². The number of nitrogens with zero attached hydrogens (tertiary/aromatic N) is 1. The van der Waals surface area contributed by atoms with Crippen LogP contribution in [0.2, 0.25) is 0 Å². The minimum absolute atomic E-state index is 0.128. The van der Waals surface area contributed by atoms with Gasteiger partial charge in [-0.3, -0.25) is 9.59 Å². The zero-order chi connectivity index (χ0) is 11.4. The van der Waals surface area contributed by atoms with Gasteiger partial charge in [0, 0.05) is 26.0 Å². The molecule has 0 saturated carbocycles. The molecule has 88 valence electrons. The Kier molecular flexibility index (Phi) is 3.51. The third-order valence-corrected chi connectivity index (χ3v) is 2.68. The van der Waals surface area contributed by atoms with Gasteiger partial charge in [-0.2, -0.15) is 5.10 Å². The Balaban J connectivity index is 1.76. The molecular formula is C10H15N3O3. The average molecular weight is 225 g/mol. The molecule has 2 aliphatic heterocycles. The van der Waals surface area contributed by atoms with E-state index >= 15 is 0 Å². The van der Waals surface area contributed by atoms with Crippen LogP contribution in [0.4, 0.5) is 0 Å². The summed E-state index contributed by atoms with van der Waals surface area (Å²) in [5.41, 5.74) is 2.68. The Morgan fingerprint density at radius 1 is 1.56 bits per heavy atom. The molecule has 2 heterocycles. The monoisotopic (exact) mass is 225 g/mol. The SMILES string of the molecule is O=C1CCC(C(=O)NCC2CCCO2)=NN1. The van der Waals surface area contributed by atoms with E-state index < -0.39 is 0 Å². The summed E-state index contributed by atoms with van der Waals surface area (Å²) >= 11 is 0. The van der Waals surface area contributed by atoms with Crippen molar-refractivity contribution in [2.45, 2.75) is 31.8 Å². The fourth-order valence-electron chi connectivity index (χ4n) is 1.75. The highest BCUT2D eigenvalue weighted by molar-refractivity contribution is 6.39. The molecule has 6 heteroatoms. The number of nitrogens with one attached hydrogen (secondary N) is 2. The number of ether oxygens (including phenoxy) is 1. The number of carbonyl (C=O) groups is 2. The topological polar surface area (TPSA) is 79.8 Å². The van der Waals surface area contributed by atoms with E-state index in [1.165, 1.54) is 0 Å². The molecule has 0 aromatic carbocycles. The van der Waals surface area contributed by atoms with Gasteiger partial charge >= 0.3 is 0 Å². The molecule has 0 spiro atoms. The largest absolute Gasteiger partial charge is 0.376 e. The maximum Gasteiger partial charge on any atom is 0.267 e. The summed E-state index contributed by atoms with van der Waals surface area (Å²) in [7, 11) is 0. The smallest absolute Gasteiger partial charge is 0.267 e. The third kappa shape index (κ3) is 2.79. The van der Waals surface area contributed by atoms with Crippen LogP contribution in [-0.2, 0) is 14.3 Å². The zero-order valence-electron chi connectivity index (χ0n) is 8.99. The van der Waals surface area contributed by atoms with Crippen LogP contribution in [0.5, 0.6) is 0 Å². The highest BCUT2D eigenvalue weighted by atomic mass is 16.5. The summed E-state index contributed by atoms with van der Waals surface area (Å²) in [6, 6.07) is 0. The summed E-state index contributed by atoms with van der Waals surface area (Å²) in [5, 5.41) is 6.48. The molecule has 1 atom stereocenters. The number of hydrogen-bond acceptors (Lipinski definition) is 4. The molecule has 2 aliphatic rings. The molecular weight excluding hydrogens is 210 g/mol. The lowest BCUT2D eigenvalue weighted by Gasteiger charge is -2.14. The number of hydrazone groups is 1. The minimum Gasteiger partial charge on any atom is -0.376 e. The second-order valence-electron chi connectivity index (χ2n) is 3.94. The molecule has 2 N–H and O–H groups in total. The van der Waals surface area contributed by atoms with Crippen LogP contribution in [0.25, 0.3) is 0 Å². The Bertz CT molecular complexity index is 321. The first-order valence-electron chi connectivity index (χ1n) is 5.51. The molecule has 0 radical (unpaired) electrons. The van der Waals surface area contributed by atoms with Gasteiger partial charge in [0.05, 0.1) is 6.10 Å². The van der Waals surface area contributed by atoms with E-state index in [2.05, 4.69) is 15.8 Å². The van der Waals surface area contributed by atoms with Crippen LogP contribution in [0.15, 0.2) is 5.10 Å². The molecule has 2 rings (SSSR count). The van der Waals surface area contributed by atoms with Gasteiger partial charge in [-0.15, -0.1) is 0 Å². The van der Waals surface area contributed by atoms with E-state index in [-0.39, 0.29) is 17.9 Å². The first-order valence-corrected chi connectivity index (χ1v) is 5.51. The average Bonchev–Trinajstić information content (AvgIpc) is 2.80. The summed E-state index contributed by atoms with van der Waals surface area (Å²) < 4.78 is 5.38. The van der Waals surface area contributed by atoms with E-state index in [9.17, 15) is 9.59 Å². The van der Waals surface area contributed by atoms with Crippen LogP contribution in [-0.4, -0.2) is 36.8 Å². The number of rotatable bonds is 3. The van der Waals surface area contributed by atoms with Crippen molar-refractivity contribution in [2.24, 2.45) is 5.10 Å². The predicted octanol–water partition coefficient (Wildman–Crippen LogP) is -0.452. The maximum absolute atomic E-state index is 11.6.